The third-order valence-corrected chi connectivity index (χ3v) is 3.76. The Morgan fingerprint density at radius 1 is 1.18 bits per heavy atom. The first-order valence-corrected chi connectivity index (χ1v) is 7.82. The molecule has 0 amide bonds. The van der Waals surface area contributed by atoms with Gasteiger partial charge < -0.3 is 5.32 Å². The Morgan fingerprint density at radius 3 is 2.82 bits per heavy atom. The molecule has 0 fully saturated rings. The van der Waals surface area contributed by atoms with Crippen LogP contribution >= 0.6 is 11.8 Å². The molecule has 0 aliphatic heterocycles. The third kappa shape index (κ3) is 7.45. The molecular formula is C15H25NS. The molecule has 0 atom stereocenters. The van der Waals surface area contributed by atoms with Crippen molar-refractivity contribution in [2.24, 2.45) is 0 Å². The zero-order valence-electron chi connectivity index (χ0n) is 11.2. The molecule has 1 nitrogen and oxygen atoms in total. The molecule has 0 saturated heterocycles. The fourth-order valence-corrected chi connectivity index (χ4v) is 2.61. The van der Waals surface area contributed by atoms with Gasteiger partial charge in [0.15, 0.2) is 0 Å². The van der Waals surface area contributed by atoms with E-state index < -0.39 is 0 Å². The SMILES string of the molecule is CCCCCNCCSCc1cccc(C)c1. The van der Waals surface area contributed by atoms with Crippen molar-refractivity contribution < 1.29 is 0 Å². The Bertz CT molecular complexity index is 299. The number of aryl methyl sites for hydroxylation is 1. The van der Waals surface area contributed by atoms with E-state index in [1.54, 1.807) is 0 Å². The minimum atomic E-state index is 1.14. The van der Waals surface area contributed by atoms with E-state index in [0.717, 1.165) is 12.3 Å². The van der Waals surface area contributed by atoms with Crippen molar-refractivity contribution >= 4 is 11.8 Å². The van der Waals surface area contributed by atoms with Crippen molar-refractivity contribution in [1.29, 1.82) is 0 Å². The Labute approximate surface area is 110 Å². The zero-order valence-corrected chi connectivity index (χ0v) is 12.0. The highest BCUT2D eigenvalue weighted by Gasteiger charge is 1.94. The fourth-order valence-electron chi connectivity index (χ4n) is 1.76. The van der Waals surface area contributed by atoms with Gasteiger partial charge in [0.2, 0.25) is 0 Å². The van der Waals surface area contributed by atoms with E-state index in [1.807, 2.05) is 11.8 Å². The predicted molar refractivity (Wildman–Crippen MR) is 79.7 cm³/mol. The highest BCUT2D eigenvalue weighted by atomic mass is 32.2. The molecule has 17 heavy (non-hydrogen) atoms. The van der Waals surface area contributed by atoms with Gasteiger partial charge in [0.25, 0.3) is 0 Å². The lowest BCUT2D eigenvalue weighted by atomic mass is 10.2. The zero-order chi connectivity index (χ0) is 12.3. The van der Waals surface area contributed by atoms with Crippen LogP contribution in [0.15, 0.2) is 24.3 Å². The van der Waals surface area contributed by atoms with E-state index in [9.17, 15) is 0 Å². The van der Waals surface area contributed by atoms with Crippen LogP contribution in [0, 0.1) is 6.92 Å². The molecule has 0 aliphatic rings. The Hall–Kier alpha value is -0.470. The van der Waals surface area contributed by atoms with Gasteiger partial charge >= 0.3 is 0 Å². The Kier molecular flexibility index (Phi) is 8.20. The van der Waals surface area contributed by atoms with Crippen molar-refractivity contribution in [2.45, 2.75) is 38.9 Å². The summed E-state index contributed by atoms with van der Waals surface area (Å²) in [5, 5.41) is 3.50. The quantitative estimate of drug-likeness (QED) is 0.666. The van der Waals surface area contributed by atoms with E-state index in [0.29, 0.717) is 0 Å². The average molecular weight is 251 g/mol. The van der Waals surface area contributed by atoms with Crippen molar-refractivity contribution in [3.05, 3.63) is 35.4 Å². The maximum atomic E-state index is 3.50. The number of rotatable bonds is 9. The molecular weight excluding hydrogens is 226 g/mol. The molecule has 96 valence electrons. The lowest BCUT2D eigenvalue weighted by Gasteiger charge is -2.05. The molecule has 0 aromatic heterocycles. The summed E-state index contributed by atoms with van der Waals surface area (Å²) in [6.07, 6.45) is 3.98. The van der Waals surface area contributed by atoms with Gasteiger partial charge in [-0.2, -0.15) is 11.8 Å². The van der Waals surface area contributed by atoms with E-state index in [-0.39, 0.29) is 0 Å². The molecule has 1 aromatic rings. The summed E-state index contributed by atoms with van der Waals surface area (Å²) in [7, 11) is 0. The number of hydrogen-bond acceptors (Lipinski definition) is 2. The molecule has 0 spiro atoms. The van der Waals surface area contributed by atoms with Gasteiger partial charge in [-0.25, -0.2) is 0 Å². The van der Waals surface area contributed by atoms with Gasteiger partial charge in [0.1, 0.15) is 0 Å². The van der Waals surface area contributed by atoms with Crippen LogP contribution in [0.2, 0.25) is 0 Å². The maximum Gasteiger partial charge on any atom is 0.0185 e. The third-order valence-electron chi connectivity index (χ3n) is 2.73. The second-order valence-electron chi connectivity index (χ2n) is 4.50. The van der Waals surface area contributed by atoms with E-state index in [1.165, 1.54) is 42.7 Å². The second kappa shape index (κ2) is 9.55. The van der Waals surface area contributed by atoms with Crippen LogP contribution in [0.1, 0.15) is 37.3 Å². The average Bonchev–Trinajstić information content (AvgIpc) is 2.33. The van der Waals surface area contributed by atoms with Crippen LogP contribution in [-0.4, -0.2) is 18.8 Å². The molecule has 0 heterocycles. The molecule has 0 unspecified atom stereocenters. The van der Waals surface area contributed by atoms with Crippen LogP contribution in [0.3, 0.4) is 0 Å². The van der Waals surface area contributed by atoms with E-state index in [2.05, 4.69) is 43.4 Å². The lowest BCUT2D eigenvalue weighted by molar-refractivity contribution is 0.636. The minimum Gasteiger partial charge on any atom is -0.316 e. The largest absolute Gasteiger partial charge is 0.316 e. The van der Waals surface area contributed by atoms with E-state index in [4.69, 9.17) is 0 Å². The van der Waals surface area contributed by atoms with Gasteiger partial charge in [0.05, 0.1) is 0 Å². The number of benzene rings is 1. The standard InChI is InChI=1S/C15H25NS/c1-3-4-5-9-16-10-11-17-13-15-8-6-7-14(2)12-15/h6-8,12,16H,3-5,9-11,13H2,1-2H3. The van der Waals surface area contributed by atoms with Gasteiger partial charge in [-0.1, -0.05) is 49.6 Å². The van der Waals surface area contributed by atoms with Crippen LogP contribution in [0.25, 0.3) is 0 Å². The Balaban J connectivity index is 1.97. The summed E-state index contributed by atoms with van der Waals surface area (Å²) in [6.45, 7) is 6.72. The first-order valence-electron chi connectivity index (χ1n) is 6.67. The molecule has 1 rings (SSSR count). The summed E-state index contributed by atoms with van der Waals surface area (Å²) in [6, 6.07) is 8.80. The van der Waals surface area contributed by atoms with Crippen LogP contribution in [-0.2, 0) is 5.75 Å². The topological polar surface area (TPSA) is 12.0 Å². The summed E-state index contributed by atoms with van der Waals surface area (Å²) in [5.41, 5.74) is 2.81. The maximum absolute atomic E-state index is 3.50. The van der Waals surface area contributed by atoms with Crippen molar-refractivity contribution in [1.82, 2.24) is 5.32 Å². The van der Waals surface area contributed by atoms with Gasteiger partial charge in [-0.15, -0.1) is 0 Å². The molecule has 0 bridgehead atoms. The smallest absolute Gasteiger partial charge is 0.0185 e. The molecule has 0 aliphatic carbocycles. The number of hydrogen-bond donors (Lipinski definition) is 1. The molecule has 1 N–H and O–H groups in total. The minimum absolute atomic E-state index is 1.14. The first kappa shape index (κ1) is 14.6. The van der Waals surface area contributed by atoms with Crippen molar-refractivity contribution in [3.8, 4) is 0 Å². The van der Waals surface area contributed by atoms with Gasteiger partial charge in [-0.3, -0.25) is 0 Å². The Morgan fingerprint density at radius 2 is 2.06 bits per heavy atom. The highest BCUT2D eigenvalue weighted by Crippen LogP contribution is 2.12. The monoisotopic (exact) mass is 251 g/mol. The first-order chi connectivity index (χ1) is 8.33. The van der Waals surface area contributed by atoms with Crippen molar-refractivity contribution in [2.75, 3.05) is 18.8 Å². The second-order valence-corrected chi connectivity index (χ2v) is 5.60. The lowest BCUT2D eigenvalue weighted by Crippen LogP contribution is -2.18. The summed E-state index contributed by atoms with van der Waals surface area (Å²) >= 11 is 2.02. The summed E-state index contributed by atoms with van der Waals surface area (Å²) < 4.78 is 0. The molecule has 0 radical (unpaired) electrons. The molecule has 2 heteroatoms. The predicted octanol–water partition coefficient (Wildman–Crippen LogP) is 4.01. The number of thioether (sulfide) groups is 1. The normalized spacial score (nSPS) is 10.7. The van der Waals surface area contributed by atoms with Gasteiger partial charge in [-0.05, 0) is 25.5 Å². The van der Waals surface area contributed by atoms with E-state index >= 15 is 0 Å². The van der Waals surface area contributed by atoms with Crippen LogP contribution in [0.4, 0.5) is 0 Å². The summed E-state index contributed by atoms with van der Waals surface area (Å²) in [4.78, 5) is 0. The van der Waals surface area contributed by atoms with Crippen LogP contribution < -0.4 is 5.32 Å². The molecule has 1 aromatic carbocycles. The number of unbranched alkanes of at least 4 members (excludes halogenated alkanes) is 2. The fraction of sp³-hybridized carbons (Fsp3) is 0.600. The van der Waals surface area contributed by atoms with Crippen molar-refractivity contribution in [3.63, 3.8) is 0 Å². The van der Waals surface area contributed by atoms with Crippen LogP contribution in [0.5, 0.6) is 0 Å². The van der Waals surface area contributed by atoms with Gasteiger partial charge in [0, 0.05) is 18.1 Å². The molecule has 0 saturated carbocycles. The highest BCUT2D eigenvalue weighted by molar-refractivity contribution is 7.98. The summed E-state index contributed by atoms with van der Waals surface area (Å²) in [5.74, 6) is 2.35. The number of nitrogens with one attached hydrogen (secondary N) is 1.